The van der Waals surface area contributed by atoms with E-state index in [9.17, 15) is 0 Å². The lowest BCUT2D eigenvalue weighted by Crippen LogP contribution is -2.32. The molecule has 0 heterocycles. The molecule has 0 aromatic rings. The predicted molar refractivity (Wildman–Crippen MR) is 45.9 cm³/mol. The molecule has 0 bridgehead atoms. The zero-order valence-corrected chi connectivity index (χ0v) is 8.48. The average Bonchev–Trinajstić information content (AvgIpc) is 1.91. The Morgan fingerprint density at radius 2 is 2.33 bits per heavy atom. The summed E-state index contributed by atoms with van der Waals surface area (Å²) < 4.78 is 0. The van der Waals surface area contributed by atoms with Gasteiger partial charge in [0.25, 0.3) is 0 Å². The Morgan fingerprint density at radius 1 is 1.67 bits per heavy atom. The molecule has 56 valence electrons. The minimum absolute atomic E-state index is 0.736. The second-order valence-electron chi connectivity index (χ2n) is 2.26. The molecule has 3 heteroatoms. The maximum atomic E-state index is 5.34. The molecule has 0 aliphatic heterocycles. The summed E-state index contributed by atoms with van der Waals surface area (Å²) in [5.41, 5.74) is 5.34. The molecule has 1 unspecified atom stereocenters. The molecule has 1 atom stereocenters. The third kappa shape index (κ3) is 4.63. The third-order valence-electron chi connectivity index (χ3n) is 1.56. The molecule has 0 saturated heterocycles. The van der Waals surface area contributed by atoms with Crippen LogP contribution in [0.2, 0.25) is 6.04 Å². The maximum Gasteiger partial charge on any atom is 0.00769 e. The summed E-state index contributed by atoms with van der Waals surface area (Å²) in [5, 5.41) is 3.38. The first-order valence-electron chi connectivity index (χ1n) is 3.78. The summed E-state index contributed by atoms with van der Waals surface area (Å²) >= 11 is 0. The van der Waals surface area contributed by atoms with E-state index in [1.807, 2.05) is 0 Å². The van der Waals surface area contributed by atoms with Gasteiger partial charge in [-0.05, 0) is 6.42 Å². The lowest BCUT2D eigenvalue weighted by molar-refractivity contribution is 0.541. The number of rotatable bonds is 5. The maximum absolute atomic E-state index is 5.34. The van der Waals surface area contributed by atoms with Gasteiger partial charge in [0.15, 0.2) is 0 Å². The van der Waals surface area contributed by atoms with Crippen molar-refractivity contribution in [2.24, 2.45) is 5.73 Å². The highest BCUT2D eigenvalue weighted by Crippen LogP contribution is 1.92. The summed E-state index contributed by atoms with van der Waals surface area (Å²) in [5.74, 6) is 0. The van der Waals surface area contributed by atoms with Crippen LogP contribution in [-0.2, 0) is 0 Å². The molecule has 0 radical (unpaired) electrons. The molecule has 0 aliphatic carbocycles. The first-order chi connectivity index (χ1) is 4.35. The summed E-state index contributed by atoms with van der Waals surface area (Å²) in [4.78, 5) is 0. The van der Waals surface area contributed by atoms with Crippen molar-refractivity contribution in [2.75, 3.05) is 13.1 Å². The Balaban J connectivity index is 3.09. The zero-order valence-electron chi connectivity index (χ0n) is 6.48. The highest BCUT2D eigenvalue weighted by Gasteiger charge is 1.98. The Hall–Kier alpha value is 0.137. The Labute approximate surface area is 60.6 Å². The van der Waals surface area contributed by atoms with Crippen LogP contribution in [-0.4, -0.2) is 29.4 Å². The predicted octanol–water partition coefficient (Wildman–Crippen LogP) is -0.903. The lowest BCUT2D eigenvalue weighted by Gasteiger charge is -2.12. The van der Waals surface area contributed by atoms with Crippen LogP contribution in [0.25, 0.3) is 0 Å². The van der Waals surface area contributed by atoms with Crippen LogP contribution >= 0.6 is 0 Å². The van der Waals surface area contributed by atoms with Gasteiger partial charge in [-0.15, -0.1) is 0 Å². The van der Waals surface area contributed by atoms with Crippen LogP contribution in [0.3, 0.4) is 0 Å². The van der Waals surface area contributed by atoms with Crippen LogP contribution in [0.5, 0.6) is 0 Å². The number of hydrogen-bond donors (Lipinski definition) is 2. The van der Waals surface area contributed by atoms with Crippen molar-refractivity contribution in [3.63, 3.8) is 0 Å². The van der Waals surface area contributed by atoms with Gasteiger partial charge in [-0.25, -0.2) is 0 Å². The van der Waals surface area contributed by atoms with Gasteiger partial charge in [0.05, 0.1) is 0 Å². The van der Waals surface area contributed by atoms with Crippen molar-refractivity contribution >= 4 is 10.2 Å². The molecule has 9 heavy (non-hydrogen) atoms. The third-order valence-corrected chi connectivity index (χ3v) is 2.55. The van der Waals surface area contributed by atoms with Gasteiger partial charge in [-0.2, -0.15) is 0 Å². The van der Waals surface area contributed by atoms with Gasteiger partial charge in [-0.3, -0.25) is 0 Å². The SMILES string of the molecule is CCC(C[SiH3])NCCN. The standard InChI is InChI=1S/C6H18N2Si/c1-2-6(5-9)8-4-3-7/h6,8H,2-5,7H2,1,9H3. The monoisotopic (exact) mass is 146 g/mol. The van der Waals surface area contributed by atoms with Crippen molar-refractivity contribution in [1.82, 2.24) is 5.32 Å². The Morgan fingerprint density at radius 3 is 2.67 bits per heavy atom. The van der Waals surface area contributed by atoms with Crippen LogP contribution < -0.4 is 11.1 Å². The summed E-state index contributed by atoms with van der Waals surface area (Å²) in [7, 11) is 1.30. The van der Waals surface area contributed by atoms with Crippen molar-refractivity contribution in [3.05, 3.63) is 0 Å². The number of nitrogens with two attached hydrogens (primary N) is 1. The highest BCUT2D eigenvalue weighted by atomic mass is 28.1. The van der Waals surface area contributed by atoms with Crippen molar-refractivity contribution < 1.29 is 0 Å². The van der Waals surface area contributed by atoms with E-state index >= 15 is 0 Å². The van der Waals surface area contributed by atoms with E-state index in [0.717, 1.165) is 19.1 Å². The summed E-state index contributed by atoms with van der Waals surface area (Å²) in [6.45, 7) is 3.95. The van der Waals surface area contributed by atoms with E-state index in [4.69, 9.17) is 5.73 Å². The molecule has 2 nitrogen and oxygen atoms in total. The van der Waals surface area contributed by atoms with Crippen molar-refractivity contribution in [2.45, 2.75) is 25.4 Å². The minimum atomic E-state index is 0.736. The van der Waals surface area contributed by atoms with E-state index in [2.05, 4.69) is 12.2 Å². The summed E-state index contributed by atoms with van der Waals surface area (Å²) in [6, 6.07) is 2.08. The van der Waals surface area contributed by atoms with Crippen molar-refractivity contribution in [1.29, 1.82) is 0 Å². The molecule has 0 aliphatic rings. The van der Waals surface area contributed by atoms with E-state index in [-0.39, 0.29) is 0 Å². The molecular formula is C6H18N2Si. The smallest absolute Gasteiger partial charge is 0.00769 e. The molecule has 0 amide bonds. The lowest BCUT2D eigenvalue weighted by atomic mass is 10.2. The molecule has 0 fully saturated rings. The minimum Gasteiger partial charge on any atom is -0.329 e. The fourth-order valence-corrected chi connectivity index (χ4v) is 1.73. The summed E-state index contributed by atoms with van der Waals surface area (Å²) in [6.07, 6.45) is 1.24. The van der Waals surface area contributed by atoms with E-state index in [1.54, 1.807) is 0 Å². The molecule has 0 saturated carbocycles. The van der Waals surface area contributed by atoms with Gasteiger partial charge >= 0.3 is 0 Å². The number of hydrogen-bond acceptors (Lipinski definition) is 2. The first kappa shape index (κ1) is 9.14. The van der Waals surface area contributed by atoms with Gasteiger partial charge in [0, 0.05) is 29.4 Å². The first-order valence-corrected chi connectivity index (χ1v) is 5.20. The molecule has 0 aromatic heterocycles. The molecule has 0 spiro atoms. The molecular weight excluding hydrogens is 128 g/mol. The van der Waals surface area contributed by atoms with Gasteiger partial charge < -0.3 is 11.1 Å². The molecule has 3 N–H and O–H groups in total. The molecule has 0 rings (SSSR count). The Bertz CT molecular complexity index is 55.0. The number of nitrogens with one attached hydrogen (secondary N) is 1. The topological polar surface area (TPSA) is 38.0 Å². The van der Waals surface area contributed by atoms with Crippen LogP contribution in [0, 0.1) is 0 Å². The fraction of sp³-hybridized carbons (Fsp3) is 1.00. The van der Waals surface area contributed by atoms with Gasteiger partial charge in [0.1, 0.15) is 0 Å². The van der Waals surface area contributed by atoms with E-state index in [1.165, 1.54) is 22.7 Å². The fourth-order valence-electron chi connectivity index (χ4n) is 0.865. The second kappa shape index (κ2) is 6.26. The zero-order chi connectivity index (χ0) is 7.11. The van der Waals surface area contributed by atoms with Gasteiger partial charge in [0.2, 0.25) is 0 Å². The molecule has 0 aromatic carbocycles. The average molecular weight is 146 g/mol. The van der Waals surface area contributed by atoms with Crippen LogP contribution in [0.4, 0.5) is 0 Å². The largest absolute Gasteiger partial charge is 0.329 e. The quantitative estimate of drug-likeness (QED) is 0.493. The van der Waals surface area contributed by atoms with Crippen LogP contribution in [0.1, 0.15) is 13.3 Å². The van der Waals surface area contributed by atoms with E-state index in [0.29, 0.717) is 0 Å². The highest BCUT2D eigenvalue weighted by molar-refractivity contribution is 6.08. The van der Waals surface area contributed by atoms with Gasteiger partial charge in [-0.1, -0.05) is 13.0 Å². The second-order valence-corrected chi connectivity index (χ2v) is 3.07. The van der Waals surface area contributed by atoms with E-state index < -0.39 is 0 Å². The van der Waals surface area contributed by atoms with Crippen molar-refractivity contribution in [3.8, 4) is 0 Å². The normalized spacial score (nSPS) is 14.0. The van der Waals surface area contributed by atoms with Crippen LogP contribution in [0.15, 0.2) is 0 Å². The Kier molecular flexibility index (Phi) is 6.35.